The third kappa shape index (κ3) is 1.30. The molecule has 0 bridgehead atoms. The summed E-state index contributed by atoms with van der Waals surface area (Å²) < 4.78 is 5.02. The molecule has 46 valence electrons. The number of alkyl halides is 1. The van der Waals surface area contributed by atoms with Crippen molar-refractivity contribution in [3.8, 4) is 0 Å². The maximum absolute atomic E-state index is 5.43. The van der Waals surface area contributed by atoms with E-state index >= 15 is 0 Å². The highest BCUT2D eigenvalue weighted by molar-refractivity contribution is 6.17. The Bertz CT molecular complexity index is 86.4. The molecular formula is C5H8ClNO. The molecule has 0 spiro atoms. The van der Waals surface area contributed by atoms with Crippen LogP contribution in [-0.2, 0) is 4.74 Å². The molecule has 0 radical (unpaired) electrons. The lowest BCUT2D eigenvalue weighted by molar-refractivity contribution is 0.149. The molecule has 1 heterocycles. The van der Waals surface area contributed by atoms with Crippen molar-refractivity contribution in [2.24, 2.45) is 0 Å². The molecule has 0 aliphatic carbocycles. The fourth-order valence-electron chi connectivity index (χ4n) is 0.570. The van der Waals surface area contributed by atoms with Crippen LogP contribution in [0.25, 0.3) is 0 Å². The van der Waals surface area contributed by atoms with Crippen molar-refractivity contribution >= 4 is 11.6 Å². The molecule has 0 fully saturated rings. The second-order valence-corrected chi connectivity index (χ2v) is 1.95. The maximum atomic E-state index is 5.43. The quantitative estimate of drug-likeness (QED) is 0.569. The van der Waals surface area contributed by atoms with Crippen molar-refractivity contribution in [3.05, 3.63) is 12.5 Å². The third-order valence-corrected chi connectivity index (χ3v) is 1.18. The van der Waals surface area contributed by atoms with Gasteiger partial charge in [0.05, 0.1) is 0 Å². The van der Waals surface area contributed by atoms with E-state index < -0.39 is 0 Å². The molecule has 1 rings (SSSR count). The number of nitrogens with one attached hydrogen (secondary N) is 1. The van der Waals surface area contributed by atoms with E-state index in [1.54, 1.807) is 12.5 Å². The van der Waals surface area contributed by atoms with Crippen molar-refractivity contribution in [1.29, 1.82) is 0 Å². The van der Waals surface area contributed by atoms with Gasteiger partial charge in [0, 0.05) is 18.5 Å². The van der Waals surface area contributed by atoms with Crippen molar-refractivity contribution in [1.82, 2.24) is 5.32 Å². The molecule has 0 aromatic carbocycles. The van der Waals surface area contributed by atoms with Gasteiger partial charge in [0.1, 0.15) is 6.26 Å². The van der Waals surface area contributed by atoms with E-state index in [4.69, 9.17) is 16.3 Å². The highest BCUT2D eigenvalue weighted by Crippen LogP contribution is 2.01. The average Bonchev–Trinajstić information content (AvgIpc) is 2.19. The SMILES string of the molecule is ClCCC1NC=CO1. The average molecular weight is 134 g/mol. The van der Waals surface area contributed by atoms with Crippen LogP contribution in [-0.4, -0.2) is 12.1 Å². The topological polar surface area (TPSA) is 21.3 Å². The van der Waals surface area contributed by atoms with Gasteiger partial charge >= 0.3 is 0 Å². The van der Waals surface area contributed by atoms with Gasteiger partial charge in [-0.05, 0) is 0 Å². The molecule has 3 heteroatoms. The van der Waals surface area contributed by atoms with E-state index in [0.717, 1.165) is 6.42 Å². The number of halogens is 1. The van der Waals surface area contributed by atoms with Gasteiger partial charge in [0.15, 0.2) is 6.23 Å². The molecule has 0 saturated carbocycles. The van der Waals surface area contributed by atoms with Crippen LogP contribution < -0.4 is 5.32 Å². The van der Waals surface area contributed by atoms with Crippen LogP contribution in [0.1, 0.15) is 6.42 Å². The largest absolute Gasteiger partial charge is 0.477 e. The third-order valence-electron chi connectivity index (χ3n) is 0.964. The highest BCUT2D eigenvalue weighted by atomic mass is 35.5. The predicted octanol–water partition coefficient (Wildman–Crippen LogP) is 1.03. The maximum Gasteiger partial charge on any atom is 0.169 e. The Labute approximate surface area is 53.5 Å². The van der Waals surface area contributed by atoms with E-state index in [9.17, 15) is 0 Å². The van der Waals surface area contributed by atoms with Crippen molar-refractivity contribution in [2.75, 3.05) is 5.88 Å². The van der Waals surface area contributed by atoms with Gasteiger partial charge in [-0.15, -0.1) is 11.6 Å². The Kier molecular flexibility index (Phi) is 2.03. The van der Waals surface area contributed by atoms with Crippen molar-refractivity contribution in [2.45, 2.75) is 12.6 Å². The number of rotatable bonds is 2. The molecule has 2 nitrogen and oxygen atoms in total. The second-order valence-electron chi connectivity index (χ2n) is 1.57. The molecule has 1 atom stereocenters. The van der Waals surface area contributed by atoms with E-state index in [0.29, 0.717) is 5.88 Å². The molecule has 0 amide bonds. The molecule has 0 aromatic rings. The highest BCUT2D eigenvalue weighted by Gasteiger charge is 2.06. The molecule has 1 N–H and O–H groups in total. The Morgan fingerprint density at radius 3 is 3.12 bits per heavy atom. The zero-order valence-corrected chi connectivity index (χ0v) is 5.19. The molecule has 1 aliphatic heterocycles. The summed E-state index contributed by atoms with van der Waals surface area (Å²) in [5, 5.41) is 2.97. The predicted molar refractivity (Wildman–Crippen MR) is 32.5 cm³/mol. The van der Waals surface area contributed by atoms with Crippen LogP contribution >= 0.6 is 11.6 Å². The molecule has 8 heavy (non-hydrogen) atoms. The van der Waals surface area contributed by atoms with Crippen molar-refractivity contribution < 1.29 is 4.74 Å². The van der Waals surface area contributed by atoms with Crippen LogP contribution in [0.4, 0.5) is 0 Å². The summed E-state index contributed by atoms with van der Waals surface area (Å²) in [5.41, 5.74) is 0. The lowest BCUT2D eigenvalue weighted by atomic mass is 10.4. The molecule has 1 aliphatic rings. The normalized spacial score (nSPS) is 24.9. The van der Waals surface area contributed by atoms with E-state index in [-0.39, 0.29) is 6.23 Å². The Hall–Kier alpha value is -0.370. The van der Waals surface area contributed by atoms with Crippen LogP contribution in [0, 0.1) is 0 Å². The summed E-state index contributed by atoms with van der Waals surface area (Å²) in [5.74, 6) is 0.638. The fourth-order valence-corrected chi connectivity index (χ4v) is 0.769. The van der Waals surface area contributed by atoms with Crippen LogP contribution in [0.3, 0.4) is 0 Å². The summed E-state index contributed by atoms with van der Waals surface area (Å²) in [6.45, 7) is 0. The number of hydrogen-bond donors (Lipinski definition) is 1. The van der Waals surface area contributed by atoms with E-state index in [1.165, 1.54) is 0 Å². The zero-order valence-electron chi connectivity index (χ0n) is 4.43. The minimum Gasteiger partial charge on any atom is -0.477 e. The van der Waals surface area contributed by atoms with Crippen LogP contribution in [0.15, 0.2) is 12.5 Å². The fraction of sp³-hybridized carbons (Fsp3) is 0.600. The van der Waals surface area contributed by atoms with Gasteiger partial charge < -0.3 is 10.1 Å². The summed E-state index contributed by atoms with van der Waals surface area (Å²) >= 11 is 5.43. The zero-order chi connectivity index (χ0) is 5.82. The van der Waals surface area contributed by atoms with Gasteiger partial charge in [-0.3, -0.25) is 0 Å². The molecule has 1 unspecified atom stereocenters. The van der Waals surface area contributed by atoms with Gasteiger partial charge in [0.2, 0.25) is 0 Å². The first kappa shape index (κ1) is 5.76. The number of ether oxygens (including phenoxy) is 1. The van der Waals surface area contributed by atoms with E-state index in [2.05, 4.69) is 5.32 Å². The van der Waals surface area contributed by atoms with Gasteiger partial charge in [-0.1, -0.05) is 0 Å². The lowest BCUT2D eigenvalue weighted by Gasteiger charge is -2.06. The Morgan fingerprint density at radius 2 is 2.62 bits per heavy atom. The first-order chi connectivity index (χ1) is 3.93. The lowest BCUT2D eigenvalue weighted by Crippen LogP contribution is -2.20. The Balaban J connectivity index is 2.10. The standard InChI is InChI=1S/C5H8ClNO/c6-2-1-5-7-3-4-8-5/h3-5,7H,1-2H2. The summed E-state index contributed by atoms with van der Waals surface area (Å²) in [6, 6.07) is 0. The first-order valence-electron chi connectivity index (χ1n) is 2.56. The van der Waals surface area contributed by atoms with Crippen molar-refractivity contribution in [3.63, 3.8) is 0 Å². The van der Waals surface area contributed by atoms with Gasteiger partial charge in [-0.2, -0.15) is 0 Å². The minimum absolute atomic E-state index is 0.118. The smallest absolute Gasteiger partial charge is 0.169 e. The van der Waals surface area contributed by atoms with Gasteiger partial charge in [-0.25, -0.2) is 0 Å². The molecule has 0 saturated heterocycles. The van der Waals surface area contributed by atoms with Gasteiger partial charge in [0.25, 0.3) is 0 Å². The molecular weight excluding hydrogens is 126 g/mol. The number of hydrogen-bond acceptors (Lipinski definition) is 2. The van der Waals surface area contributed by atoms with Crippen LogP contribution in [0.5, 0.6) is 0 Å². The summed E-state index contributed by atoms with van der Waals surface area (Å²) in [7, 11) is 0. The Morgan fingerprint density at radius 1 is 1.75 bits per heavy atom. The van der Waals surface area contributed by atoms with Crippen LogP contribution in [0.2, 0.25) is 0 Å². The summed E-state index contributed by atoms with van der Waals surface area (Å²) in [4.78, 5) is 0. The monoisotopic (exact) mass is 133 g/mol. The van der Waals surface area contributed by atoms with E-state index in [1.807, 2.05) is 0 Å². The first-order valence-corrected chi connectivity index (χ1v) is 3.09. The minimum atomic E-state index is 0.118. The second kappa shape index (κ2) is 2.82. The molecule has 0 aromatic heterocycles. The summed E-state index contributed by atoms with van der Waals surface area (Å²) in [6.07, 6.45) is 4.38.